The van der Waals surface area contributed by atoms with Crippen molar-refractivity contribution in [2.45, 2.75) is 11.8 Å². The molecule has 1 aromatic rings. The van der Waals surface area contributed by atoms with Crippen LogP contribution in [0.25, 0.3) is 0 Å². The van der Waals surface area contributed by atoms with E-state index < -0.39 is 11.1 Å². The fraction of sp³-hybridized carbons (Fsp3) is 0.143. The van der Waals surface area contributed by atoms with E-state index in [1.54, 1.807) is 24.3 Å². The van der Waals surface area contributed by atoms with Crippen molar-refractivity contribution in [2.24, 2.45) is 0 Å². The van der Waals surface area contributed by atoms with Crippen LogP contribution in [0.5, 0.6) is 0 Å². The number of hydrogen-bond acceptors (Lipinski definition) is 3. The summed E-state index contributed by atoms with van der Waals surface area (Å²) >= 11 is -1.89. The van der Waals surface area contributed by atoms with E-state index in [4.69, 9.17) is 2.81 Å². The summed E-state index contributed by atoms with van der Waals surface area (Å²) < 4.78 is 29.0. The summed E-state index contributed by atoms with van der Waals surface area (Å²) in [6.07, 6.45) is 0. The van der Waals surface area contributed by atoms with Crippen LogP contribution in [0.4, 0.5) is 0 Å². The topological polar surface area (TPSA) is 57.2 Å². The van der Waals surface area contributed by atoms with Gasteiger partial charge in [0.05, 0.1) is 0 Å². The molecule has 1 atom stereocenters. The predicted molar refractivity (Wildman–Crippen MR) is 44.8 cm³/mol. The summed E-state index contributed by atoms with van der Waals surface area (Å²) in [5, 5.41) is 0. The van der Waals surface area contributed by atoms with Crippen molar-refractivity contribution in [1.82, 2.24) is 0 Å². The quantitative estimate of drug-likeness (QED) is 0.534. The maximum atomic E-state index is 10.3. The Kier molecular flexibility index (Phi) is 6.53. The van der Waals surface area contributed by atoms with Crippen molar-refractivity contribution in [2.75, 3.05) is 0 Å². The normalized spacial score (nSPS) is 11.2. The Labute approximate surface area is 88.8 Å². The van der Waals surface area contributed by atoms with E-state index in [2.05, 4.69) is 0 Å². The molecule has 0 aliphatic carbocycles. The molecule has 2 radical (unpaired) electrons. The molecule has 1 aromatic carbocycles. The van der Waals surface area contributed by atoms with Gasteiger partial charge in [-0.1, -0.05) is 17.7 Å². The van der Waals surface area contributed by atoms with E-state index in [1.165, 1.54) is 0 Å². The maximum absolute atomic E-state index is 10.3. The molecule has 0 spiro atoms. The average Bonchev–Trinajstić information content (AvgIpc) is 2.09. The second kappa shape index (κ2) is 6.52. The van der Waals surface area contributed by atoms with Gasteiger partial charge >= 0.3 is 27.5 Å². The number of rotatable bonds is 1. The Balaban J connectivity index is 0.000000561. The summed E-state index contributed by atoms with van der Waals surface area (Å²) in [6, 6.07) is 6.70. The molecular formula is C7H7BiO3S. The third-order valence-electron chi connectivity index (χ3n) is 1.21. The molecule has 0 saturated heterocycles. The first-order valence-corrected chi connectivity index (χ1v) is 5.54. The van der Waals surface area contributed by atoms with Crippen molar-refractivity contribution in [3.63, 3.8) is 0 Å². The summed E-state index contributed by atoms with van der Waals surface area (Å²) in [6.45, 7) is 1.91. The van der Waals surface area contributed by atoms with Crippen LogP contribution in [-0.2, 0) is 13.9 Å². The van der Waals surface area contributed by atoms with Gasteiger partial charge in [0, 0.05) is 4.90 Å². The van der Waals surface area contributed by atoms with Crippen molar-refractivity contribution in [3.05, 3.63) is 29.8 Å². The van der Waals surface area contributed by atoms with Crippen LogP contribution in [0.2, 0.25) is 0 Å². The number of hydrogen-bond donors (Lipinski definition) is 0. The van der Waals surface area contributed by atoms with Gasteiger partial charge in [0.25, 0.3) is 0 Å². The van der Waals surface area contributed by atoms with Crippen LogP contribution in [0, 0.1) is 6.92 Å². The molecule has 1 rings (SSSR count). The zero-order valence-corrected chi connectivity index (χ0v) is 10.7. The van der Waals surface area contributed by atoms with Gasteiger partial charge in [-0.25, -0.2) is 0 Å². The zero-order chi connectivity index (χ0) is 9.56. The molecule has 5 heteroatoms. The fourth-order valence-electron chi connectivity index (χ4n) is 0.649. The molecule has 0 N–H and O–H groups in total. The van der Waals surface area contributed by atoms with E-state index in [9.17, 15) is 8.76 Å². The van der Waals surface area contributed by atoms with Gasteiger partial charge in [-0.15, -0.1) is 0 Å². The van der Waals surface area contributed by atoms with Crippen molar-refractivity contribution < 1.29 is 11.6 Å². The van der Waals surface area contributed by atoms with Gasteiger partial charge in [0.15, 0.2) is 0 Å². The Hall–Kier alpha value is 0.0131. The van der Waals surface area contributed by atoms with Crippen LogP contribution in [0.1, 0.15) is 5.56 Å². The summed E-state index contributed by atoms with van der Waals surface area (Å²) in [7, 11) is 0. The number of benzene rings is 1. The van der Waals surface area contributed by atoms with Gasteiger partial charge in [-0.3, -0.25) is 4.21 Å². The van der Waals surface area contributed by atoms with Gasteiger partial charge in [0.2, 0.25) is 0 Å². The Morgan fingerprint density at radius 1 is 1.25 bits per heavy atom. The monoisotopic (exact) mass is 380 g/mol. The second-order valence-corrected chi connectivity index (χ2v) is 2.99. The van der Waals surface area contributed by atoms with E-state index in [1.807, 2.05) is 6.92 Å². The molecule has 3 nitrogen and oxygen atoms in total. The van der Waals surface area contributed by atoms with Crippen LogP contribution in [-0.4, -0.2) is 33.5 Å². The van der Waals surface area contributed by atoms with E-state index in [0.29, 0.717) is 4.90 Å². The second-order valence-electron chi connectivity index (χ2n) is 2.05. The molecular weight excluding hydrogens is 373 g/mol. The van der Waals surface area contributed by atoms with Gasteiger partial charge in [-0.05, 0) is 30.1 Å². The van der Waals surface area contributed by atoms with E-state index >= 15 is 0 Å². The molecule has 0 aliphatic rings. The van der Waals surface area contributed by atoms with Gasteiger partial charge in [0.1, 0.15) is 0 Å². The minimum absolute atomic E-state index is 0.194. The fourth-order valence-corrected chi connectivity index (χ4v) is 1.01. The first-order chi connectivity index (χ1) is 5.70. The van der Waals surface area contributed by atoms with Crippen LogP contribution in [0.15, 0.2) is 29.2 Å². The van der Waals surface area contributed by atoms with Crippen LogP contribution < -0.4 is 0 Å². The van der Waals surface area contributed by atoms with Crippen molar-refractivity contribution >= 4 is 35.8 Å². The molecule has 0 aromatic heterocycles. The standard InChI is InChI=1S/C7H8O2S.Bi.O/c1-6-2-4-7(5-3-6)10(8)9;;/h2-5H,1H3,(H,8,9);;/q;+1;/p-1. The summed E-state index contributed by atoms with van der Waals surface area (Å²) in [5.41, 5.74) is 1.06. The molecule has 12 heavy (non-hydrogen) atoms. The molecule has 0 heterocycles. The molecule has 0 aliphatic heterocycles. The van der Waals surface area contributed by atoms with E-state index in [0.717, 1.165) is 5.56 Å². The van der Waals surface area contributed by atoms with Gasteiger partial charge in [-0.2, -0.15) is 0 Å². The summed E-state index contributed by atoms with van der Waals surface area (Å²) in [4.78, 5) is 0.339. The summed E-state index contributed by atoms with van der Waals surface area (Å²) in [5.74, 6) is 0. The Morgan fingerprint density at radius 2 is 1.67 bits per heavy atom. The van der Waals surface area contributed by atoms with Gasteiger partial charge < -0.3 is 4.55 Å². The number of aryl methyl sites for hydroxylation is 1. The van der Waals surface area contributed by atoms with Crippen LogP contribution >= 0.6 is 0 Å². The first kappa shape index (κ1) is 12.0. The zero-order valence-electron chi connectivity index (χ0n) is 6.39. The predicted octanol–water partition coefficient (Wildman–Crippen LogP) is 0.733. The third-order valence-corrected chi connectivity index (χ3v) is 1.87. The van der Waals surface area contributed by atoms with Crippen molar-refractivity contribution in [1.29, 1.82) is 0 Å². The first-order valence-electron chi connectivity index (χ1n) is 3.04. The minimum atomic E-state index is -2.09. The Bertz CT molecular complexity index is 260. The van der Waals surface area contributed by atoms with E-state index in [-0.39, 0.29) is 24.7 Å². The molecule has 0 fully saturated rings. The molecule has 0 amide bonds. The third kappa shape index (κ3) is 4.14. The molecule has 0 bridgehead atoms. The SMILES string of the molecule is Cc1ccc(S(=O)[O-])cc1.[O]=[Bi+]. The molecule has 64 valence electrons. The van der Waals surface area contributed by atoms with Crippen LogP contribution in [0.3, 0.4) is 0 Å². The average molecular weight is 380 g/mol. The van der Waals surface area contributed by atoms with Crippen molar-refractivity contribution in [3.8, 4) is 0 Å². The Morgan fingerprint density at radius 3 is 2.00 bits per heavy atom. The molecule has 1 unspecified atom stereocenters. The molecule has 0 saturated carbocycles.